The summed E-state index contributed by atoms with van der Waals surface area (Å²) in [5, 5.41) is 14.9. The molecule has 4 rings (SSSR count). The zero-order chi connectivity index (χ0) is 18.1. The number of hydrogen-bond acceptors (Lipinski definition) is 5. The van der Waals surface area contributed by atoms with E-state index in [1.165, 1.54) is 16.9 Å². The Morgan fingerprint density at radius 1 is 1.08 bits per heavy atom. The minimum atomic E-state index is -0.256. The van der Waals surface area contributed by atoms with Gasteiger partial charge in [0.1, 0.15) is 17.0 Å². The van der Waals surface area contributed by atoms with Crippen LogP contribution in [0.2, 0.25) is 5.02 Å². The Labute approximate surface area is 153 Å². The molecule has 0 bridgehead atoms. The third kappa shape index (κ3) is 3.02. The highest BCUT2D eigenvalue weighted by Gasteiger charge is 2.14. The highest BCUT2D eigenvalue weighted by atomic mass is 35.5. The van der Waals surface area contributed by atoms with Crippen LogP contribution in [0, 0.1) is 0 Å². The van der Waals surface area contributed by atoms with Crippen molar-refractivity contribution in [2.24, 2.45) is 0 Å². The van der Waals surface area contributed by atoms with Gasteiger partial charge in [-0.3, -0.25) is 14.8 Å². The van der Waals surface area contributed by atoms with Crippen LogP contribution in [0.4, 0.5) is 0 Å². The standard InChI is InChI=1S/C19H13ClN4O2/c20-13-4-1-3-12(9-13)17-18-16(5-2-8-21-18)19(26)24(23-17)11-14-6-7-15(25)10-22-14/h1-10,25H,11H2. The third-order valence-electron chi connectivity index (χ3n) is 3.94. The number of hydrogen-bond donors (Lipinski definition) is 1. The van der Waals surface area contributed by atoms with Gasteiger partial charge in [0, 0.05) is 16.8 Å². The molecule has 1 aromatic carbocycles. The van der Waals surface area contributed by atoms with Crippen molar-refractivity contribution >= 4 is 22.5 Å². The van der Waals surface area contributed by atoms with E-state index in [0.717, 1.165) is 5.56 Å². The first-order valence-electron chi connectivity index (χ1n) is 7.87. The van der Waals surface area contributed by atoms with Gasteiger partial charge in [-0.25, -0.2) is 4.68 Å². The molecule has 1 N–H and O–H groups in total. The smallest absolute Gasteiger partial charge is 0.276 e. The molecule has 0 aliphatic rings. The predicted octanol–water partition coefficient (Wildman–Crippen LogP) is 3.26. The van der Waals surface area contributed by atoms with Gasteiger partial charge in [-0.05, 0) is 36.4 Å². The monoisotopic (exact) mass is 364 g/mol. The number of benzene rings is 1. The number of pyridine rings is 2. The molecule has 0 unspecified atom stereocenters. The minimum Gasteiger partial charge on any atom is -0.506 e. The molecule has 0 saturated carbocycles. The van der Waals surface area contributed by atoms with Crippen molar-refractivity contribution in [3.05, 3.63) is 82.0 Å². The van der Waals surface area contributed by atoms with Gasteiger partial charge in [0.15, 0.2) is 0 Å². The maximum atomic E-state index is 12.8. The van der Waals surface area contributed by atoms with Gasteiger partial charge in [0.2, 0.25) is 0 Å². The van der Waals surface area contributed by atoms with E-state index in [9.17, 15) is 9.90 Å². The fraction of sp³-hybridized carbons (Fsp3) is 0.0526. The number of aromatic nitrogens is 4. The van der Waals surface area contributed by atoms with Crippen molar-refractivity contribution < 1.29 is 5.11 Å². The van der Waals surface area contributed by atoms with Crippen LogP contribution >= 0.6 is 11.6 Å². The zero-order valence-corrected chi connectivity index (χ0v) is 14.3. The largest absolute Gasteiger partial charge is 0.506 e. The molecule has 3 heterocycles. The summed E-state index contributed by atoms with van der Waals surface area (Å²) in [5.41, 5.74) is 2.22. The van der Waals surface area contributed by atoms with Crippen molar-refractivity contribution in [1.29, 1.82) is 0 Å². The normalized spacial score (nSPS) is 11.0. The van der Waals surface area contributed by atoms with Crippen LogP contribution in [0.25, 0.3) is 22.2 Å². The summed E-state index contributed by atoms with van der Waals surface area (Å²) in [7, 11) is 0. The van der Waals surface area contributed by atoms with Crippen LogP contribution in [0.15, 0.2) is 65.7 Å². The maximum Gasteiger partial charge on any atom is 0.276 e. The van der Waals surface area contributed by atoms with Crippen LogP contribution in [0.1, 0.15) is 5.69 Å². The molecule has 0 spiro atoms. The summed E-state index contributed by atoms with van der Waals surface area (Å²) in [5.74, 6) is 0.0661. The summed E-state index contributed by atoms with van der Waals surface area (Å²) in [6.07, 6.45) is 2.96. The first-order valence-corrected chi connectivity index (χ1v) is 8.25. The molecule has 6 nitrogen and oxygen atoms in total. The number of aromatic hydroxyl groups is 1. The fourth-order valence-corrected chi connectivity index (χ4v) is 2.91. The van der Waals surface area contributed by atoms with Gasteiger partial charge < -0.3 is 5.11 Å². The van der Waals surface area contributed by atoms with Gasteiger partial charge in [-0.15, -0.1) is 0 Å². The van der Waals surface area contributed by atoms with Crippen LogP contribution in [-0.2, 0) is 6.54 Å². The molecule has 7 heteroatoms. The Bertz CT molecular complexity index is 1160. The maximum absolute atomic E-state index is 12.8. The molecule has 0 aliphatic heterocycles. The van der Waals surface area contributed by atoms with Gasteiger partial charge in [0.25, 0.3) is 5.56 Å². The van der Waals surface area contributed by atoms with E-state index in [2.05, 4.69) is 15.1 Å². The van der Waals surface area contributed by atoms with E-state index < -0.39 is 0 Å². The molecule has 0 amide bonds. The van der Waals surface area contributed by atoms with Gasteiger partial charge in [-0.2, -0.15) is 5.10 Å². The van der Waals surface area contributed by atoms with Crippen molar-refractivity contribution in [2.45, 2.75) is 6.54 Å². The van der Waals surface area contributed by atoms with Crippen molar-refractivity contribution in [3.8, 4) is 17.0 Å². The highest BCUT2D eigenvalue weighted by molar-refractivity contribution is 6.30. The number of rotatable bonds is 3. The molecular weight excluding hydrogens is 352 g/mol. The quantitative estimate of drug-likeness (QED) is 0.603. The summed E-state index contributed by atoms with van der Waals surface area (Å²) in [6.45, 7) is 0.178. The average molecular weight is 365 g/mol. The molecule has 3 aromatic heterocycles. The molecule has 0 fully saturated rings. The number of halogens is 1. The van der Waals surface area contributed by atoms with Gasteiger partial charge in [0.05, 0.1) is 23.8 Å². The zero-order valence-electron chi connectivity index (χ0n) is 13.5. The van der Waals surface area contributed by atoms with E-state index in [4.69, 9.17) is 11.6 Å². The second kappa shape index (κ2) is 6.57. The summed E-state index contributed by atoms with van der Waals surface area (Å²) >= 11 is 6.11. The lowest BCUT2D eigenvalue weighted by Gasteiger charge is -2.10. The summed E-state index contributed by atoms with van der Waals surface area (Å²) in [4.78, 5) is 21.3. The van der Waals surface area contributed by atoms with Crippen LogP contribution < -0.4 is 5.56 Å². The Kier molecular flexibility index (Phi) is 4.10. The Balaban J connectivity index is 1.92. The molecule has 0 atom stereocenters. The molecule has 4 aromatic rings. The van der Waals surface area contributed by atoms with E-state index >= 15 is 0 Å². The minimum absolute atomic E-state index is 0.0661. The van der Waals surface area contributed by atoms with Crippen molar-refractivity contribution in [2.75, 3.05) is 0 Å². The lowest BCUT2D eigenvalue weighted by Crippen LogP contribution is -2.25. The lowest BCUT2D eigenvalue weighted by atomic mass is 10.1. The molecular formula is C19H13ClN4O2. The van der Waals surface area contributed by atoms with Crippen LogP contribution in [0.5, 0.6) is 5.75 Å². The second-order valence-corrected chi connectivity index (χ2v) is 6.17. The van der Waals surface area contributed by atoms with Gasteiger partial charge >= 0.3 is 0 Å². The molecule has 0 saturated heterocycles. The second-order valence-electron chi connectivity index (χ2n) is 5.73. The van der Waals surface area contributed by atoms with E-state index in [0.29, 0.717) is 27.3 Å². The first kappa shape index (κ1) is 16.2. The number of fused-ring (bicyclic) bond motifs is 1. The predicted molar refractivity (Wildman–Crippen MR) is 99.2 cm³/mol. The highest BCUT2D eigenvalue weighted by Crippen LogP contribution is 2.25. The van der Waals surface area contributed by atoms with Crippen molar-refractivity contribution in [1.82, 2.24) is 19.7 Å². The SMILES string of the molecule is O=c1c2cccnc2c(-c2cccc(Cl)c2)nn1Cc1ccc(O)cn1. The van der Waals surface area contributed by atoms with E-state index in [1.807, 2.05) is 12.1 Å². The Morgan fingerprint density at radius 2 is 1.96 bits per heavy atom. The average Bonchev–Trinajstić information content (AvgIpc) is 2.66. The first-order chi connectivity index (χ1) is 12.6. The van der Waals surface area contributed by atoms with Crippen LogP contribution in [-0.4, -0.2) is 24.9 Å². The fourth-order valence-electron chi connectivity index (χ4n) is 2.72. The van der Waals surface area contributed by atoms with Crippen molar-refractivity contribution in [3.63, 3.8) is 0 Å². The third-order valence-corrected chi connectivity index (χ3v) is 4.17. The molecule has 0 radical (unpaired) electrons. The topological polar surface area (TPSA) is 80.9 Å². The summed E-state index contributed by atoms with van der Waals surface area (Å²) < 4.78 is 1.35. The molecule has 128 valence electrons. The van der Waals surface area contributed by atoms with E-state index in [1.54, 1.807) is 36.5 Å². The molecule has 26 heavy (non-hydrogen) atoms. The van der Waals surface area contributed by atoms with E-state index in [-0.39, 0.29) is 17.9 Å². The molecule has 0 aliphatic carbocycles. The Hall–Kier alpha value is -3.25. The number of nitrogens with zero attached hydrogens (tertiary/aromatic N) is 4. The van der Waals surface area contributed by atoms with Gasteiger partial charge in [-0.1, -0.05) is 23.7 Å². The van der Waals surface area contributed by atoms with Crippen LogP contribution in [0.3, 0.4) is 0 Å². The Morgan fingerprint density at radius 3 is 2.73 bits per heavy atom. The lowest BCUT2D eigenvalue weighted by molar-refractivity contribution is 0.471. The summed E-state index contributed by atoms with van der Waals surface area (Å²) in [6, 6.07) is 13.9.